The highest BCUT2D eigenvalue weighted by Gasteiger charge is 2.23. The molecule has 1 aliphatic heterocycles. The van der Waals surface area contributed by atoms with E-state index in [1.54, 1.807) is 0 Å². The van der Waals surface area contributed by atoms with E-state index in [0.717, 1.165) is 0 Å². The average Bonchev–Trinajstić information content (AvgIpc) is 2.63. The number of amides is 2. The van der Waals surface area contributed by atoms with Gasteiger partial charge in [0, 0.05) is 23.6 Å². The van der Waals surface area contributed by atoms with E-state index < -0.39 is 16.1 Å². The molecule has 2 rings (SSSR count). The van der Waals surface area contributed by atoms with Gasteiger partial charge in [-0.15, -0.1) is 0 Å². The summed E-state index contributed by atoms with van der Waals surface area (Å²) in [6, 6.07) is 4.92. The van der Waals surface area contributed by atoms with Crippen molar-refractivity contribution in [2.75, 3.05) is 16.8 Å². The van der Waals surface area contributed by atoms with Gasteiger partial charge in [-0.25, -0.2) is 13.6 Å². The molecule has 1 saturated heterocycles. The molecular formula is C12H15N3O4S2. The van der Waals surface area contributed by atoms with Crippen LogP contribution in [0.4, 0.5) is 5.69 Å². The lowest BCUT2D eigenvalue weighted by atomic mass is 10.2. The Hall–Kier alpha value is -1.58. The molecule has 2 amide bonds. The molecule has 0 unspecified atom stereocenters. The summed E-state index contributed by atoms with van der Waals surface area (Å²) in [5, 5.41) is 10.3. The van der Waals surface area contributed by atoms with Gasteiger partial charge in [0.15, 0.2) is 0 Å². The van der Waals surface area contributed by atoms with Gasteiger partial charge in [0.25, 0.3) is 0 Å². The van der Waals surface area contributed by atoms with Gasteiger partial charge in [-0.2, -0.15) is 11.8 Å². The van der Waals surface area contributed by atoms with Gasteiger partial charge in [0.1, 0.15) is 6.04 Å². The average molecular weight is 329 g/mol. The molecule has 0 aromatic heterocycles. The van der Waals surface area contributed by atoms with Crippen molar-refractivity contribution in [2.24, 2.45) is 5.14 Å². The molecule has 1 aromatic rings. The smallest absolute Gasteiger partial charge is 0.247 e. The number of hydrogen-bond donors (Lipinski definition) is 3. The zero-order chi connectivity index (χ0) is 15.5. The highest BCUT2D eigenvalue weighted by molar-refractivity contribution is 7.99. The van der Waals surface area contributed by atoms with Crippen molar-refractivity contribution in [1.82, 2.24) is 5.32 Å². The van der Waals surface area contributed by atoms with E-state index in [-0.39, 0.29) is 16.7 Å². The normalized spacial score (nSPS) is 19.5. The van der Waals surface area contributed by atoms with Crippen LogP contribution in [0.1, 0.15) is 6.42 Å². The van der Waals surface area contributed by atoms with Crippen molar-refractivity contribution in [3.05, 3.63) is 24.3 Å². The molecule has 114 valence electrons. The minimum absolute atomic E-state index is 0.0289. The van der Waals surface area contributed by atoms with Crippen LogP contribution in [-0.2, 0) is 19.6 Å². The molecule has 1 aromatic carbocycles. The SMILES string of the molecule is NS(=O)(=O)c1ccc(NC(=O)[C@@H]2CSCCC(=O)N2)cc1. The Morgan fingerprint density at radius 1 is 1.33 bits per heavy atom. The van der Waals surface area contributed by atoms with Crippen LogP contribution in [0.2, 0.25) is 0 Å². The summed E-state index contributed by atoms with van der Waals surface area (Å²) in [5.41, 5.74) is 0.441. The molecule has 1 fully saturated rings. The molecule has 1 heterocycles. The monoisotopic (exact) mass is 329 g/mol. The fourth-order valence-electron chi connectivity index (χ4n) is 1.77. The molecule has 0 saturated carbocycles. The number of carbonyl (C=O) groups is 2. The number of carbonyl (C=O) groups excluding carboxylic acids is 2. The molecule has 21 heavy (non-hydrogen) atoms. The molecule has 0 bridgehead atoms. The van der Waals surface area contributed by atoms with Crippen LogP contribution < -0.4 is 15.8 Å². The number of nitrogens with two attached hydrogens (primary N) is 1. The van der Waals surface area contributed by atoms with Crippen molar-refractivity contribution in [1.29, 1.82) is 0 Å². The Kier molecular flexibility index (Phi) is 4.86. The van der Waals surface area contributed by atoms with E-state index in [1.807, 2.05) is 0 Å². The van der Waals surface area contributed by atoms with Crippen molar-refractivity contribution >= 4 is 39.3 Å². The van der Waals surface area contributed by atoms with Gasteiger partial charge in [0.2, 0.25) is 21.8 Å². The molecule has 1 aliphatic rings. The number of anilines is 1. The molecule has 1 atom stereocenters. The van der Waals surface area contributed by atoms with Crippen LogP contribution in [0.3, 0.4) is 0 Å². The van der Waals surface area contributed by atoms with Gasteiger partial charge in [0.05, 0.1) is 4.90 Å². The first kappa shape index (κ1) is 15.8. The Morgan fingerprint density at radius 2 is 2.00 bits per heavy atom. The quantitative estimate of drug-likeness (QED) is 0.715. The highest BCUT2D eigenvalue weighted by atomic mass is 32.2. The largest absolute Gasteiger partial charge is 0.343 e. The van der Waals surface area contributed by atoms with Gasteiger partial charge in [-0.05, 0) is 24.3 Å². The van der Waals surface area contributed by atoms with Gasteiger partial charge >= 0.3 is 0 Å². The Balaban J connectivity index is 2.03. The Bertz CT molecular complexity index is 643. The predicted octanol–water partition coefficient (Wildman–Crippen LogP) is -0.106. The van der Waals surface area contributed by atoms with Gasteiger partial charge < -0.3 is 10.6 Å². The number of hydrogen-bond acceptors (Lipinski definition) is 5. The lowest BCUT2D eigenvalue weighted by molar-refractivity contribution is -0.125. The lowest BCUT2D eigenvalue weighted by Crippen LogP contribution is -2.44. The van der Waals surface area contributed by atoms with Gasteiger partial charge in [-0.1, -0.05) is 0 Å². The summed E-state index contributed by atoms with van der Waals surface area (Å²) < 4.78 is 22.3. The van der Waals surface area contributed by atoms with Crippen LogP contribution in [0.15, 0.2) is 29.2 Å². The highest BCUT2D eigenvalue weighted by Crippen LogP contribution is 2.15. The van der Waals surface area contributed by atoms with Crippen molar-refractivity contribution in [3.8, 4) is 0 Å². The first-order chi connectivity index (χ1) is 9.86. The van der Waals surface area contributed by atoms with Crippen LogP contribution in [0.25, 0.3) is 0 Å². The number of primary sulfonamides is 1. The van der Waals surface area contributed by atoms with Crippen molar-refractivity contribution < 1.29 is 18.0 Å². The van der Waals surface area contributed by atoms with Crippen LogP contribution in [0.5, 0.6) is 0 Å². The van der Waals surface area contributed by atoms with E-state index in [0.29, 0.717) is 23.6 Å². The summed E-state index contributed by atoms with van der Waals surface area (Å²) in [6.45, 7) is 0. The first-order valence-electron chi connectivity index (χ1n) is 6.17. The zero-order valence-corrected chi connectivity index (χ0v) is 12.7. The van der Waals surface area contributed by atoms with Gasteiger partial charge in [-0.3, -0.25) is 9.59 Å². The van der Waals surface area contributed by atoms with E-state index in [9.17, 15) is 18.0 Å². The fourth-order valence-corrected chi connectivity index (χ4v) is 3.26. The maximum Gasteiger partial charge on any atom is 0.247 e. The summed E-state index contributed by atoms with van der Waals surface area (Å²) in [6.07, 6.45) is 0.400. The minimum atomic E-state index is -3.75. The van der Waals surface area contributed by atoms with Crippen molar-refractivity contribution in [2.45, 2.75) is 17.4 Å². The third kappa shape index (κ3) is 4.45. The second-order valence-corrected chi connectivity index (χ2v) is 7.21. The summed E-state index contributed by atoms with van der Waals surface area (Å²) in [5.74, 6) is 0.719. The van der Waals surface area contributed by atoms with E-state index in [1.165, 1.54) is 36.0 Å². The van der Waals surface area contributed by atoms with Crippen molar-refractivity contribution in [3.63, 3.8) is 0 Å². The van der Waals surface area contributed by atoms with E-state index >= 15 is 0 Å². The number of sulfonamides is 1. The summed E-state index contributed by atoms with van der Waals surface area (Å²) in [7, 11) is -3.75. The first-order valence-corrected chi connectivity index (χ1v) is 8.87. The molecule has 4 N–H and O–H groups in total. The topological polar surface area (TPSA) is 118 Å². The minimum Gasteiger partial charge on any atom is -0.343 e. The second-order valence-electron chi connectivity index (χ2n) is 4.50. The molecule has 7 nitrogen and oxygen atoms in total. The fraction of sp³-hybridized carbons (Fsp3) is 0.333. The number of thioether (sulfide) groups is 1. The number of rotatable bonds is 3. The molecule has 9 heteroatoms. The Labute approximate surface area is 126 Å². The standard InChI is InChI=1S/C12H15N3O4S2/c13-21(18,19)9-3-1-8(2-4-9)14-12(17)10-7-20-6-5-11(16)15-10/h1-4,10H,5-7H2,(H,14,17)(H,15,16)(H2,13,18,19)/t10-/m0/s1. The maximum atomic E-state index is 12.1. The lowest BCUT2D eigenvalue weighted by Gasteiger charge is -2.15. The molecule has 0 spiro atoms. The number of nitrogens with one attached hydrogen (secondary N) is 2. The summed E-state index contributed by atoms with van der Waals surface area (Å²) in [4.78, 5) is 23.5. The Morgan fingerprint density at radius 3 is 2.62 bits per heavy atom. The second kappa shape index (κ2) is 6.46. The maximum absolute atomic E-state index is 12.1. The third-order valence-electron chi connectivity index (χ3n) is 2.86. The predicted molar refractivity (Wildman–Crippen MR) is 80.3 cm³/mol. The summed E-state index contributed by atoms with van der Waals surface area (Å²) >= 11 is 1.53. The third-order valence-corrected chi connectivity index (χ3v) is 4.85. The zero-order valence-electron chi connectivity index (χ0n) is 11.0. The molecular weight excluding hydrogens is 314 g/mol. The van der Waals surface area contributed by atoms with Crippen LogP contribution in [0, 0.1) is 0 Å². The van der Waals surface area contributed by atoms with E-state index in [2.05, 4.69) is 10.6 Å². The number of benzene rings is 1. The van der Waals surface area contributed by atoms with Crippen LogP contribution >= 0.6 is 11.8 Å². The molecule has 0 aliphatic carbocycles. The van der Waals surface area contributed by atoms with Crippen LogP contribution in [-0.4, -0.2) is 37.8 Å². The molecule has 0 radical (unpaired) electrons. The van der Waals surface area contributed by atoms with E-state index in [4.69, 9.17) is 5.14 Å².